The van der Waals surface area contributed by atoms with Crippen molar-refractivity contribution in [3.63, 3.8) is 0 Å². The van der Waals surface area contributed by atoms with Gasteiger partial charge in [-0.1, -0.05) is 12.1 Å². The van der Waals surface area contributed by atoms with Gasteiger partial charge in [-0.3, -0.25) is 9.59 Å². The van der Waals surface area contributed by atoms with Crippen molar-refractivity contribution in [2.45, 2.75) is 12.5 Å². The predicted molar refractivity (Wildman–Crippen MR) is 94.8 cm³/mol. The summed E-state index contributed by atoms with van der Waals surface area (Å²) in [4.78, 5) is 37.1. The number of nitrogens with one attached hydrogen (secondary N) is 1. The molecule has 3 rings (SSSR count). The van der Waals surface area contributed by atoms with Gasteiger partial charge in [-0.25, -0.2) is 4.90 Å². The smallest absolute Gasteiger partial charge is 0.256 e. The van der Waals surface area contributed by atoms with Crippen LogP contribution in [0.15, 0.2) is 42.5 Å². The Bertz CT molecular complexity index is 894. The molecule has 0 aromatic heterocycles. The average molecular weight is 369 g/mol. The molecule has 0 spiro atoms. The molecule has 1 heterocycles. The van der Waals surface area contributed by atoms with E-state index in [9.17, 15) is 19.5 Å². The van der Waals surface area contributed by atoms with E-state index < -0.39 is 17.9 Å². The molecular formula is C19H17N2O6-. The van der Waals surface area contributed by atoms with Crippen LogP contribution in [0.3, 0.4) is 0 Å². The standard InChI is InChI=1S/C19H18N2O6/c1-26-13-7-8-15(16(9-13)27-2)21-17(22)10-14(18(21)23)20-12-5-3-11(4-6-12)19(24)25/h3-9,14,20H,10H2,1-2H3,(H,24,25)/p-1/t14-/m1/s1. The number of carboxylic acids is 1. The van der Waals surface area contributed by atoms with Gasteiger partial charge in [0.15, 0.2) is 0 Å². The van der Waals surface area contributed by atoms with Crippen molar-refractivity contribution >= 4 is 29.2 Å². The number of anilines is 2. The minimum absolute atomic E-state index is 0.0268. The molecule has 1 N–H and O–H groups in total. The Hall–Kier alpha value is -3.55. The summed E-state index contributed by atoms with van der Waals surface area (Å²) in [5.74, 6) is -1.20. The normalized spacial score (nSPS) is 16.4. The van der Waals surface area contributed by atoms with Gasteiger partial charge >= 0.3 is 0 Å². The average Bonchev–Trinajstić information content (AvgIpc) is 2.94. The molecule has 1 saturated heterocycles. The molecule has 8 nitrogen and oxygen atoms in total. The van der Waals surface area contributed by atoms with E-state index in [0.717, 1.165) is 4.90 Å². The van der Waals surface area contributed by atoms with Gasteiger partial charge in [-0.05, 0) is 29.8 Å². The van der Waals surface area contributed by atoms with Gasteiger partial charge in [0.05, 0.1) is 32.3 Å². The number of aromatic carboxylic acids is 1. The summed E-state index contributed by atoms with van der Waals surface area (Å²) in [5.41, 5.74) is 0.888. The maximum absolute atomic E-state index is 12.8. The van der Waals surface area contributed by atoms with Crippen LogP contribution in [0, 0.1) is 0 Å². The lowest BCUT2D eigenvalue weighted by molar-refractivity contribution is -0.255. The van der Waals surface area contributed by atoms with Crippen molar-refractivity contribution in [3.05, 3.63) is 48.0 Å². The Morgan fingerprint density at radius 2 is 1.81 bits per heavy atom. The topological polar surface area (TPSA) is 108 Å². The van der Waals surface area contributed by atoms with Crippen LogP contribution in [-0.2, 0) is 9.59 Å². The molecular weight excluding hydrogens is 352 g/mol. The third kappa shape index (κ3) is 3.55. The summed E-state index contributed by atoms with van der Waals surface area (Å²) >= 11 is 0. The monoisotopic (exact) mass is 369 g/mol. The number of hydrogen-bond acceptors (Lipinski definition) is 7. The first kappa shape index (κ1) is 18.2. The number of carbonyl (C=O) groups is 3. The van der Waals surface area contributed by atoms with Crippen LogP contribution < -0.4 is 24.8 Å². The molecule has 0 aliphatic carbocycles. The number of rotatable bonds is 6. The van der Waals surface area contributed by atoms with Gasteiger partial charge in [0.2, 0.25) is 5.91 Å². The quantitative estimate of drug-likeness (QED) is 0.751. The fourth-order valence-corrected chi connectivity index (χ4v) is 2.87. The number of amides is 2. The highest BCUT2D eigenvalue weighted by Gasteiger charge is 2.40. The van der Waals surface area contributed by atoms with E-state index in [4.69, 9.17) is 9.47 Å². The highest BCUT2D eigenvalue weighted by molar-refractivity contribution is 6.23. The van der Waals surface area contributed by atoms with E-state index in [1.807, 2.05) is 0 Å². The largest absolute Gasteiger partial charge is 0.545 e. The van der Waals surface area contributed by atoms with Crippen LogP contribution in [-0.4, -0.2) is 38.0 Å². The Balaban J connectivity index is 1.82. The van der Waals surface area contributed by atoms with Crippen LogP contribution in [0.5, 0.6) is 11.5 Å². The summed E-state index contributed by atoms with van der Waals surface area (Å²) in [5, 5.41) is 13.8. The lowest BCUT2D eigenvalue weighted by Crippen LogP contribution is -2.35. The van der Waals surface area contributed by atoms with Gasteiger partial charge in [-0.15, -0.1) is 0 Å². The van der Waals surface area contributed by atoms with Crippen molar-refractivity contribution in [2.24, 2.45) is 0 Å². The lowest BCUT2D eigenvalue weighted by atomic mass is 10.2. The van der Waals surface area contributed by atoms with Crippen LogP contribution >= 0.6 is 0 Å². The maximum Gasteiger partial charge on any atom is 0.256 e. The number of benzene rings is 2. The van der Waals surface area contributed by atoms with E-state index in [1.54, 1.807) is 18.2 Å². The number of ether oxygens (including phenoxy) is 2. The molecule has 1 aliphatic rings. The van der Waals surface area contributed by atoms with Crippen LogP contribution in [0.1, 0.15) is 16.8 Å². The number of imide groups is 1. The number of hydrogen-bond donors (Lipinski definition) is 1. The summed E-state index contributed by atoms with van der Waals surface area (Å²) in [6, 6.07) is 9.81. The van der Waals surface area contributed by atoms with Crippen LogP contribution in [0.2, 0.25) is 0 Å². The molecule has 0 unspecified atom stereocenters. The second kappa shape index (κ2) is 7.36. The predicted octanol–water partition coefficient (Wildman–Crippen LogP) is 0.811. The molecule has 1 fully saturated rings. The van der Waals surface area contributed by atoms with E-state index in [-0.39, 0.29) is 17.9 Å². The molecule has 2 aromatic carbocycles. The van der Waals surface area contributed by atoms with Crippen LogP contribution in [0.4, 0.5) is 11.4 Å². The Morgan fingerprint density at radius 3 is 2.41 bits per heavy atom. The van der Waals surface area contributed by atoms with Gasteiger partial charge in [0.1, 0.15) is 17.5 Å². The highest BCUT2D eigenvalue weighted by atomic mass is 16.5. The van der Waals surface area contributed by atoms with E-state index in [1.165, 1.54) is 38.5 Å². The van der Waals surface area contributed by atoms with Crippen molar-refractivity contribution < 1.29 is 29.0 Å². The first-order valence-corrected chi connectivity index (χ1v) is 8.11. The van der Waals surface area contributed by atoms with Crippen molar-refractivity contribution in [1.82, 2.24) is 0 Å². The molecule has 27 heavy (non-hydrogen) atoms. The molecule has 0 bridgehead atoms. The molecule has 2 amide bonds. The minimum atomic E-state index is -1.29. The highest BCUT2D eigenvalue weighted by Crippen LogP contribution is 2.35. The fourth-order valence-electron chi connectivity index (χ4n) is 2.87. The Kier molecular flexibility index (Phi) is 4.98. The molecule has 0 radical (unpaired) electrons. The first-order chi connectivity index (χ1) is 12.9. The fraction of sp³-hybridized carbons (Fsp3) is 0.211. The number of methoxy groups -OCH3 is 2. The number of carboxylic acid groups (broad SMARTS) is 1. The van der Waals surface area contributed by atoms with Crippen LogP contribution in [0.25, 0.3) is 0 Å². The van der Waals surface area contributed by atoms with Gasteiger partial charge in [-0.2, -0.15) is 0 Å². The van der Waals surface area contributed by atoms with E-state index in [2.05, 4.69) is 5.32 Å². The third-order valence-corrected chi connectivity index (χ3v) is 4.24. The summed E-state index contributed by atoms with van der Waals surface area (Å²) < 4.78 is 10.4. The zero-order chi connectivity index (χ0) is 19.6. The van der Waals surface area contributed by atoms with Crippen molar-refractivity contribution in [2.75, 3.05) is 24.4 Å². The molecule has 140 valence electrons. The zero-order valence-corrected chi connectivity index (χ0v) is 14.7. The summed E-state index contributed by atoms with van der Waals surface area (Å²) in [6.07, 6.45) is -0.0315. The van der Waals surface area contributed by atoms with Gasteiger partial charge in [0, 0.05) is 11.8 Å². The van der Waals surface area contributed by atoms with Crippen molar-refractivity contribution in [3.8, 4) is 11.5 Å². The minimum Gasteiger partial charge on any atom is -0.545 e. The maximum atomic E-state index is 12.8. The SMILES string of the molecule is COc1ccc(N2C(=O)C[C@@H](Nc3ccc(C(=O)[O-])cc3)C2=O)c(OC)c1. The zero-order valence-electron chi connectivity index (χ0n) is 14.7. The number of nitrogens with zero attached hydrogens (tertiary/aromatic N) is 1. The molecule has 8 heteroatoms. The lowest BCUT2D eigenvalue weighted by Gasteiger charge is -2.19. The van der Waals surface area contributed by atoms with Gasteiger partial charge in [0.25, 0.3) is 5.91 Å². The summed E-state index contributed by atoms with van der Waals surface area (Å²) in [6.45, 7) is 0. The summed E-state index contributed by atoms with van der Waals surface area (Å²) in [7, 11) is 2.95. The molecule has 0 saturated carbocycles. The Labute approximate surface area is 155 Å². The molecule has 2 aromatic rings. The molecule has 1 aliphatic heterocycles. The second-order valence-corrected chi connectivity index (χ2v) is 5.87. The van der Waals surface area contributed by atoms with E-state index >= 15 is 0 Å². The molecule has 1 atom stereocenters. The second-order valence-electron chi connectivity index (χ2n) is 5.87. The number of carbonyl (C=O) groups excluding carboxylic acids is 3. The van der Waals surface area contributed by atoms with Gasteiger partial charge < -0.3 is 24.7 Å². The third-order valence-electron chi connectivity index (χ3n) is 4.24. The Morgan fingerprint density at radius 1 is 1.11 bits per heavy atom. The van der Waals surface area contributed by atoms with Crippen molar-refractivity contribution in [1.29, 1.82) is 0 Å². The van der Waals surface area contributed by atoms with E-state index in [0.29, 0.717) is 22.9 Å². The first-order valence-electron chi connectivity index (χ1n) is 8.11.